The van der Waals surface area contributed by atoms with Crippen molar-refractivity contribution in [3.63, 3.8) is 0 Å². The van der Waals surface area contributed by atoms with Gasteiger partial charge in [0.1, 0.15) is 5.82 Å². The highest BCUT2D eigenvalue weighted by Gasteiger charge is 2.14. The summed E-state index contributed by atoms with van der Waals surface area (Å²) in [5.41, 5.74) is 1.59. The molecule has 2 nitrogen and oxygen atoms in total. The number of nitrogens with one attached hydrogen (secondary N) is 1. The van der Waals surface area contributed by atoms with Crippen molar-refractivity contribution in [3.05, 3.63) is 23.9 Å². The van der Waals surface area contributed by atoms with Gasteiger partial charge in [-0.15, -0.1) is 0 Å². The third kappa shape index (κ3) is 3.36. The first-order valence-corrected chi connectivity index (χ1v) is 5.20. The molecule has 0 fully saturated rings. The van der Waals surface area contributed by atoms with Crippen LogP contribution in [0.5, 0.6) is 0 Å². The third-order valence-electron chi connectivity index (χ3n) is 2.62. The van der Waals surface area contributed by atoms with Crippen LogP contribution in [-0.2, 0) is 0 Å². The number of anilines is 1. The predicted octanol–water partition coefficient (Wildman–Crippen LogP) is 3.24. The van der Waals surface area contributed by atoms with Crippen LogP contribution in [-0.4, -0.2) is 11.5 Å². The molecule has 0 aliphatic rings. The first kappa shape index (κ1) is 11.0. The standard InChI is InChI=1S/C12H20N2/c1-5-12(3,4)9-14-11-8-10(2)6-7-13-11/h6-8H,5,9H2,1-4H3,(H,13,14). The summed E-state index contributed by atoms with van der Waals surface area (Å²) in [5.74, 6) is 0.978. The maximum absolute atomic E-state index is 4.27. The summed E-state index contributed by atoms with van der Waals surface area (Å²) < 4.78 is 0. The molecule has 2 heteroatoms. The van der Waals surface area contributed by atoms with E-state index >= 15 is 0 Å². The molecule has 0 saturated heterocycles. The molecule has 0 radical (unpaired) electrons. The fourth-order valence-electron chi connectivity index (χ4n) is 1.09. The van der Waals surface area contributed by atoms with Gasteiger partial charge in [-0.1, -0.05) is 20.8 Å². The normalized spacial score (nSPS) is 11.4. The highest BCUT2D eigenvalue weighted by molar-refractivity contribution is 5.37. The van der Waals surface area contributed by atoms with Crippen LogP contribution in [0.1, 0.15) is 32.8 Å². The SMILES string of the molecule is CCC(C)(C)CNc1cc(C)ccn1. The smallest absolute Gasteiger partial charge is 0.126 e. The van der Waals surface area contributed by atoms with Gasteiger partial charge in [-0.3, -0.25) is 0 Å². The minimum absolute atomic E-state index is 0.339. The van der Waals surface area contributed by atoms with Gasteiger partial charge in [0.25, 0.3) is 0 Å². The Labute approximate surface area is 86.8 Å². The minimum Gasteiger partial charge on any atom is -0.370 e. The fraction of sp³-hybridized carbons (Fsp3) is 0.583. The monoisotopic (exact) mass is 192 g/mol. The van der Waals surface area contributed by atoms with Gasteiger partial charge in [-0.25, -0.2) is 4.98 Å². The number of rotatable bonds is 4. The Bertz CT molecular complexity index is 292. The van der Waals surface area contributed by atoms with Crippen molar-refractivity contribution in [1.82, 2.24) is 4.98 Å². The van der Waals surface area contributed by atoms with Crippen LogP contribution in [0, 0.1) is 12.3 Å². The summed E-state index contributed by atoms with van der Waals surface area (Å²) in [4.78, 5) is 4.27. The molecule has 0 amide bonds. The molecular formula is C12H20N2. The van der Waals surface area contributed by atoms with E-state index in [1.165, 1.54) is 12.0 Å². The molecule has 0 aliphatic heterocycles. The van der Waals surface area contributed by atoms with Crippen molar-refractivity contribution in [1.29, 1.82) is 0 Å². The Morgan fingerprint density at radius 1 is 1.43 bits per heavy atom. The molecule has 0 aliphatic carbocycles. The Kier molecular flexibility index (Phi) is 3.50. The lowest BCUT2D eigenvalue weighted by atomic mass is 9.90. The van der Waals surface area contributed by atoms with E-state index in [-0.39, 0.29) is 0 Å². The number of nitrogens with zero attached hydrogens (tertiary/aromatic N) is 1. The number of pyridine rings is 1. The minimum atomic E-state index is 0.339. The summed E-state index contributed by atoms with van der Waals surface area (Å²) in [6, 6.07) is 4.09. The molecule has 1 aromatic heterocycles. The second kappa shape index (κ2) is 4.45. The van der Waals surface area contributed by atoms with E-state index in [9.17, 15) is 0 Å². The quantitative estimate of drug-likeness (QED) is 0.792. The fourth-order valence-corrected chi connectivity index (χ4v) is 1.09. The number of aromatic nitrogens is 1. The van der Waals surface area contributed by atoms with Gasteiger partial charge in [0.05, 0.1) is 0 Å². The number of hydrogen-bond donors (Lipinski definition) is 1. The third-order valence-corrected chi connectivity index (χ3v) is 2.62. The molecule has 78 valence electrons. The molecule has 0 spiro atoms. The summed E-state index contributed by atoms with van der Waals surface area (Å²) >= 11 is 0. The first-order valence-electron chi connectivity index (χ1n) is 5.20. The van der Waals surface area contributed by atoms with E-state index in [1.807, 2.05) is 12.3 Å². The van der Waals surface area contributed by atoms with Crippen LogP contribution in [0.3, 0.4) is 0 Å². The average molecular weight is 192 g/mol. The maximum Gasteiger partial charge on any atom is 0.126 e. The van der Waals surface area contributed by atoms with Gasteiger partial charge in [0.15, 0.2) is 0 Å². The van der Waals surface area contributed by atoms with Gasteiger partial charge in [-0.05, 0) is 36.5 Å². The van der Waals surface area contributed by atoms with Crippen molar-refractivity contribution in [2.45, 2.75) is 34.1 Å². The second-order valence-corrected chi connectivity index (χ2v) is 4.59. The van der Waals surface area contributed by atoms with Crippen LogP contribution < -0.4 is 5.32 Å². The molecule has 0 unspecified atom stereocenters. The molecule has 14 heavy (non-hydrogen) atoms. The molecule has 1 rings (SSSR count). The van der Waals surface area contributed by atoms with Gasteiger partial charge < -0.3 is 5.32 Å². The number of aryl methyl sites for hydroxylation is 1. The van der Waals surface area contributed by atoms with Crippen LogP contribution in [0.25, 0.3) is 0 Å². The highest BCUT2D eigenvalue weighted by Crippen LogP contribution is 2.19. The average Bonchev–Trinajstić information content (AvgIpc) is 2.15. The molecule has 0 atom stereocenters. The zero-order chi connectivity index (χ0) is 10.6. The van der Waals surface area contributed by atoms with Crippen LogP contribution in [0.2, 0.25) is 0 Å². The van der Waals surface area contributed by atoms with Crippen molar-refractivity contribution in [2.24, 2.45) is 5.41 Å². The van der Waals surface area contributed by atoms with Gasteiger partial charge in [-0.2, -0.15) is 0 Å². The molecule has 1 aromatic rings. The van der Waals surface area contributed by atoms with E-state index < -0.39 is 0 Å². The van der Waals surface area contributed by atoms with E-state index in [0.717, 1.165) is 12.4 Å². The molecule has 0 saturated carbocycles. The lowest BCUT2D eigenvalue weighted by Crippen LogP contribution is -2.22. The largest absolute Gasteiger partial charge is 0.370 e. The number of hydrogen-bond acceptors (Lipinski definition) is 2. The van der Waals surface area contributed by atoms with Gasteiger partial charge in [0, 0.05) is 12.7 Å². The topological polar surface area (TPSA) is 24.9 Å². The summed E-state index contributed by atoms with van der Waals surface area (Å²) in [6.45, 7) is 9.79. The van der Waals surface area contributed by atoms with Crippen molar-refractivity contribution in [3.8, 4) is 0 Å². The van der Waals surface area contributed by atoms with E-state index in [4.69, 9.17) is 0 Å². The van der Waals surface area contributed by atoms with Crippen LogP contribution in [0.15, 0.2) is 18.3 Å². The van der Waals surface area contributed by atoms with Gasteiger partial charge >= 0.3 is 0 Å². The first-order chi connectivity index (χ1) is 6.53. The Hall–Kier alpha value is -1.05. The maximum atomic E-state index is 4.27. The van der Waals surface area contributed by atoms with Crippen molar-refractivity contribution < 1.29 is 0 Å². The zero-order valence-corrected chi connectivity index (χ0v) is 9.59. The summed E-state index contributed by atoms with van der Waals surface area (Å²) in [7, 11) is 0. The molecule has 1 N–H and O–H groups in total. The Balaban J connectivity index is 2.54. The summed E-state index contributed by atoms with van der Waals surface area (Å²) in [6.07, 6.45) is 3.02. The molecular weight excluding hydrogens is 172 g/mol. The lowest BCUT2D eigenvalue weighted by Gasteiger charge is -2.23. The van der Waals surface area contributed by atoms with Crippen LogP contribution >= 0.6 is 0 Å². The van der Waals surface area contributed by atoms with Crippen molar-refractivity contribution >= 4 is 5.82 Å². The van der Waals surface area contributed by atoms with Crippen LogP contribution in [0.4, 0.5) is 5.82 Å². The lowest BCUT2D eigenvalue weighted by molar-refractivity contribution is 0.376. The molecule has 0 aromatic carbocycles. The predicted molar refractivity (Wildman–Crippen MR) is 61.5 cm³/mol. The Morgan fingerprint density at radius 2 is 2.14 bits per heavy atom. The van der Waals surface area contributed by atoms with E-state index in [0.29, 0.717) is 5.41 Å². The van der Waals surface area contributed by atoms with E-state index in [1.54, 1.807) is 0 Å². The Morgan fingerprint density at radius 3 is 2.71 bits per heavy atom. The zero-order valence-electron chi connectivity index (χ0n) is 9.59. The summed E-state index contributed by atoms with van der Waals surface area (Å²) in [5, 5.41) is 3.37. The van der Waals surface area contributed by atoms with E-state index in [2.05, 4.69) is 44.1 Å². The highest BCUT2D eigenvalue weighted by atomic mass is 15.0. The molecule has 0 bridgehead atoms. The second-order valence-electron chi connectivity index (χ2n) is 4.59. The van der Waals surface area contributed by atoms with Gasteiger partial charge in [0.2, 0.25) is 0 Å². The van der Waals surface area contributed by atoms with Crippen molar-refractivity contribution in [2.75, 3.05) is 11.9 Å². The molecule has 1 heterocycles.